The van der Waals surface area contributed by atoms with Gasteiger partial charge < -0.3 is 10.1 Å². The molecule has 0 unspecified atom stereocenters. The molecule has 3 aromatic rings. The number of nitro groups is 1. The molecule has 0 bridgehead atoms. The third-order valence-corrected chi connectivity index (χ3v) is 3.98. The Hall–Kier alpha value is -3.68. The summed E-state index contributed by atoms with van der Waals surface area (Å²) in [6.45, 7) is 4.24. The number of hydrogen-bond donors (Lipinski definition) is 1. The first-order valence-corrected chi connectivity index (χ1v) is 8.73. The number of nitrogens with zero attached hydrogens (tertiary/aromatic N) is 3. The lowest BCUT2D eigenvalue weighted by Gasteiger charge is -2.10. The molecule has 0 fully saturated rings. The van der Waals surface area contributed by atoms with Crippen LogP contribution in [0, 0.1) is 24.0 Å². The van der Waals surface area contributed by atoms with Gasteiger partial charge in [0.05, 0.1) is 22.4 Å². The van der Waals surface area contributed by atoms with Gasteiger partial charge in [-0.3, -0.25) is 19.6 Å². The second-order valence-corrected chi connectivity index (χ2v) is 6.41. The van der Waals surface area contributed by atoms with Crippen molar-refractivity contribution in [2.45, 2.75) is 26.8 Å². The fourth-order valence-corrected chi connectivity index (χ4v) is 2.59. The van der Waals surface area contributed by atoms with E-state index < -0.39 is 4.92 Å². The number of ether oxygens (including phenoxy) is 1. The summed E-state index contributed by atoms with van der Waals surface area (Å²) >= 11 is 0. The normalized spacial score (nSPS) is 10.5. The summed E-state index contributed by atoms with van der Waals surface area (Å²) in [5.41, 5.74) is 2.09. The number of nitrogens with one attached hydrogen (secondary N) is 1. The molecular weight excluding hydrogens is 360 g/mol. The lowest BCUT2D eigenvalue weighted by atomic mass is 10.2. The van der Waals surface area contributed by atoms with Crippen molar-refractivity contribution in [1.82, 2.24) is 9.78 Å². The molecule has 144 valence electrons. The molecule has 28 heavy (non-hydrogen) atoms. The number of non-ortho nitro benzene ring substituents is 1. The fraction of sp³-hybridized carbons (Fsp3) is 0.200. The maximum absolute atomic E-state index is 12.2. The molecule has 0 radical (unpaired) electrons. The number of aryl methyl sites for hydroxylation is 3. The molecule has 2 aromatic carbocycles. The number of aromatic nitrogens is 2. The van der Waals surface area contributed by atoms with Crippen molar-refractivity contribution in [1.29, 1.82) is 0 Å². The molecule has 8 nitrogen and oxygen atoms in total. The molecule has 1 N–H and O–H groups in total. The van der Waals surface area contributed by atoms with E-state index in [1.54, 1.807) is 29.1 Å². The molecule has 8 heteroatoms. The van der Waals surface area contributed by atoms with Crippen LogP contribution >= 0.6 is 0 Å². The second kappa shape index (κ2) is 8.34. The van der Waals surface area contributed by atoms with Crippen LogP contribution in [0.15, 0.2) is 54.7 Å². The predicted octanol–water partition coefficient (Wildman–Crippen LogP) is 4.23. The minimum absolute atomic E-state index is 0.164. The molecule has 1 amide bonds. The molecule has 0 saturated heterocycles. The number of carbonyl (C=O) groups is 1. The van der Waals surface area contributed by atoms with Crippen molar-refractivity contribution in [3.05, 3.63) is 76.1 Å². The summed E-state index contributed by atoms with van der Waals surface area (Å²) in [6.07, 6.45) is 1.99. The molecule has 0 aliphatic heterocycles. The van der Waals surface area contributed by atoms with Crippen molar-refractivity contribution in [2.24, 2.45) is 0 Å². The Balaban J connectivity index is 1.72. The van der Waals surface area contributed by atoms with Crippen LogP contribution in [0.4, 0.5) is 11.4 Å². The molecule has 1 aromatic heterocycles. The Morgan fingerprint density at radius 1 is 1.14 bits per heavy atom. The third kappa shape index (κ3) is 5.16. The summed E-state index contributed by atoms with van der Waals surface area (Å²) in [6, 6.07) is 13.4. The van der Waals surface area contributed by atoms with Crippen LogP contribution in [0.2, 0.25) is 0 Å². The van der Waals surface area contributed by atoms with Crippen LogP contribution in [0.5, 0.6) is 11.5 Å². The first kappa shape index (κ1) is 19.1. The zero-order valence-electron chi connectivity index (χ0n) is 15.6. The van der Waals surface area contributed by atoms with Crippen LogP contribution in [0.25, 0.3) is 0 Å². The molecule has 0 spiro atoms. The Morgan fingerprint density at radius 2 is 1.89 bits per heavy atom. The van der Waals surface area contributed by atoms with E-state index in [4.69, 9.17) is 4.74 Å². The van der Waals surface area contributed by atoms with E-state index in [1.165, 1.54) is 12.1 Å². The van der Waals surface area contributed by atoms with E-state index in [0.717, 1.165) is 11.3 Å². The van der Waals surface area contributed by atoms with Crippen molar-refractivity contribution >= 4 is 17.3 Å². The zero-order chi connectivity index (χ0) is 20.1. The highest BCUT2D eigenvalue weighted by Crippen LogP contribution is 2.30. The minimum atomic E-state index is -0.524. The SMILES string of the molecule is Cc1ccc(Oc2cc(NC(=O)CCn3ccc(C)n3)cc([N+](=O)[O-])c2)cc1. The summed E-state index contributed by atoms with van der Waals surface area (Å²) in [7, 11) is 0. The van der Waals surface area contributed by atoms with Gasteiger partial charge in [-0.1, -0.05) is 17.7 Å². The minimum Gasteiger partial charge on any atom is -0.457 e. The van der Waals surface area contributed by atoms with E-state index in [1.807, 2.05) is 32.0 Å². The second-order valence-electron chi connectivity index (χ2n) is 6.41. The Kier molecular flexibility index (Phi) is 5.69. The number of nitro benzene ring substituents is 1. The predicted molar refractivity (Wildman–Crippen MR) is 105 cm³/mol. The molecule has 0 aliphatic rings. The summed E-state index contributed by atoms with van der Waals surface area (Å²) < 4.78 is 7.38. The third-order valence-electron chi connectivity index (χ3n) is 3.98. The first-order chi connectivity index (χ1) is 13.4. The van der Waals surface area contributed by atoms with Crippen molar-refractivity contribution in [2.75, 3.05) is 5.32 Å². The van der Waals surface area contributed by atoms with Gasteiger partial charge in [0.25, 0.3) is 5.69 Å². The van der Waals surface area contributed by atoms with Gasteiger partial charge in [-0.15, -0.1) is 0 Å². The van der Waals surface area contributed by atoms with E-state index in [2.05, 4.69) is 10.4 Å². The first-order valence-electron chi connectivity index (χ1n) is 8.73. The lowest BCUT2D eigenvalue weighted by molar-refractivity contribution is -0.384. The smallest absolute Gasteiger partial charge is 0.275 e. The number of rotatable bonds is 7. The Bertz CT molecular complexity index is 996. The highest BCUT2D eigenvalue weighted by molar-refractivity contribution is 5.91. The highest BCUT2D eigenvalue weighted by atomic mass is 16.6. The highest BCUT2D eigenvalue weighted by Gasteiger charge is 2.13. The number of hydrogen-bond acceptors (Lipinski definition) is 5. The lowest BCUT2D eigenvalue weighted by Crippen LogP contribution is -2.15. The van der Waals surface area contributed by atoms with Gasteiger partial charge in [0, 0.05) is 31.3 Å². The Morgan fingerprint density at radius 3 is 2.54 bits per heavy atom. The van der Waals surface area contributed by atoms with Crippen LogP contribution in [0.1, 0.15) is 17.7 Å². The molecule has 0 saturated carbocycles. The van der Waals surface area contributed by atoms with Crippen LogP contribution in [0.3, 0.4) is 0 Å². The molecule has 0 atom stereocenters. The number of anilines is 1. The average molecular weight is 380 g/mol. The number of benzene rings is 2. The van der Waals surface area contributed by atoms with E-state index in [9.17, 15) is 14.9 Å². The topological polar surface area (TPSA) is 99.3 Å². The maximum Gasteiger partial charge on any atom is 0.275 e. The van der Waals surface area contributed by atoms with Gasteiger partial charge in [-0.2, -0.15) is 5.10 Å². The van der Waals surface area contributed by atoms with E-state index in [-0.39, 0.29) is 23.8 Å². The van der Waals surface area contributed by atoms with Gasteiger partial charge in [-0.25, -0.2) is 0 Å². The van der Waals surface area contributed by atoms with Gasteiger partial charge >= 0.3 is 0 Å². The van der Waals surface area contributed by atoms with Crippen LogP contribution in [-0.4, -0.2) is 20.6 Å². The monoisotopic (exact) mass is 380 g/mol. The summed E-state index contributed by atoms with van der Waals surface area (Å²) in [4.78, 5) is 22.9. The summed E-state index contributed by atoms with van der Waals surface area (Å²) in [5.74, 6) is 0.559. The van der Waals surface area contributed by atoms with Crippen molar-refractivity contribution < 1.29 is 14.5 Å². The van der Waals surface area contributed by atoms with Gasteiger partial charge in [0.15, 0.2) is 0 Å². The molecule has 3 rings (SSSR count). The zero-order valence-corrected chi connectivity index (χ0v) is 15.6. The molecule has 0 aliphatic carbocycles. The maximum atomic E-state index is 12.2. The quantitative estimate of drug-likeness (QED) is 0.488. The van der Waals surface area contributed by atoms with Crippen molar-refractivity contribution in [3.63, 3.8) is 0 Å². The van der Waals surface area contributed by atoms with Gasteiger partial charge in [0.1, 0.15) is 11.5 Å². The van der Waals surface area contributed by atoms with E-state index >= 15 is 0 Å². The van der Waals surface area contributed by atoms with Crippen LogP contribution < -0.4 is 10.1 Å². The largest absolute Gasteiger partial charge is 0.457 e. The molecular formula is C20H20N4O4. The summed E-state index contributed by atoms with van der Waals surface area (Å²) in [5, 5.41) is 18.1. The van der Waals surface area contributed by atoms with Crippen LogP contribution in [-0.2, 0) is 11.3 Å². The van der Waals surface area contributed by atoms with Crippen molar-refractivity contribution in [3.8, 4) is 11.5 Å². The number of amides is 1. The Labute approximate surface area is 161 Å². The standard InChI is InChI=1S/C20H20N4O4/c1-14-3-5-18(6-4-14)28-19-12-16(11-17(13-19)24(26)27)21-20(25)8-10-23-9-7-15(2)22-23/h3-7,9,11-13H,8,10H2,1-2H3,(H,21,25). The van der Waals surface area contributed by atoms with Gasteiger partial charge in [0.2, 0.25) is 5.91 Å². The van der Waals surface area contributed by atoms with E-state index in [0.29, 0.717) is 18.0 Å². The van der Waals surface area contributed by atoms with Gasteiger partial charge in [-0.05, 0) is 32.0 Å². The fourth-order valence-electron chi connectivity index (χ4n) is 2.59. The average Bonchev–Trinajstić information content (AvgIpc) is 3.07. The molecule has 1 heterocycles. The number of carbonyl (C=O) groups excluding carboxylic acids is 1.